The van der Waals surface area contributed by atoms with Crippen molar-refractivity contribution in [2.24, 2.45) is 0 Å². The van der Waals surface area contributed by atoms with Gasteiger partial charge >= 0.3 is 0 Å². The molecule has 0 aliphatic carbocycles. The van der Waals surface area contributed by atoms with Crippen LogP contribution in [0.1, 0.15) is 30.5 Å². The standard InChI is InChI=1S/C24H27N3O4/c1-6-22(24(29)25-17-12-18(30-4)14-19(13-17)31-5)27-23(28)10-9-21(26-27)20-11-15(2)7-8-16(20)3/h7-14,22H,6H2,1-5H3,(H,25,29)/t22-/m1/s1. The molecule has 1 N–H and O–H groups in total. The number of amides is 1. The van der Waals surface area contributed by atoms with Crippen LogP contribution in [0.3, 0.4) is 0 Å². The van der Waals surface area contributed by atoms with Crippen LogP contribution in [-0.4, -0.2) is 29.9 Å². The molecule has 0 spiro atoms. The highest BCUT2D eigenvalue weighted by atomic mass is 16.5. The summed E-state index contributed by atoms with van der Waals surface area (Å²) in [6.45, 7) is 5.84. The van der Waals surface area contributed by atoms with Crippen LogP contribution in [0.4, 0.5) is 5.69 Å². The van der Waals surface area contributed by atoms with Crippen molar-refractivity contribution in [3.05, 3.63) is 70.0 Å². The highest BCUT2D eigenvalue weighted by Gasteiger charge is 2.22. The number of rotatable bonds is 7. The fourth-order valence-electron chi connectivity index (χ4n) is 3.38. The Bertz CT molecular complexity index is 1130. The van der Waals surface area contributed by atoms with Crippen molar-refractivity contribution in [2.75, 3.05) is 19.5 Å². The number of benzene rings is 2. The molecule has 0 fully saturated rings. The van der Waals surface area contributed by atoms with E-state index in [0.717, 1.165) is 16.7 Å². The summed E-state index contributed by atoms with van der Waals surface area (Å²) >= 11 is 0. The highest BCUT2D eigenvalue weighted by Crippen LogP contribution is 2.27. The predicted molar refractivity (Wildman–Crippen MR) is 121 cm³/mol. The summed E-state index contributed by atoms with van der Waals surface area (Å²) in [7, 11) is 3.08. The smallest absolute Gasteiger partial charge is 0.267 e. The molecular formula is C24H27N3O4. The average molecular weight is 421 g/mol. The first-order valence-electron chi connectivity index (χ1n) is 10.1. The Morgan fingerprint density at radius 3 is 2.32 bits per heavy atom. The van der Waals surface area contributed by atoms with E-state index in [1.807, 2.05) is 39.0 Å². The summed E-state index contributed by atoms with van der Waals surface area (Å²) in [4.78, 5) is 25.7. The zero-order chi connectivity index (χ0) is 22.5. The van der Waals surface area contributed by atoms with Crippen molar-refractivity contribution in [1.82, 2.24) is 9.78 Å². The minimum absolute atomic E-state index is 0.334. The second kappa shape index (κ2) is 9.47. The molecular weight excluding hydrogens is 394 g/mol. The molecule has 3 rings (SSSR count). The summed E-state index contributed by atoms with van der Waals surface area (Å²) in [5.74, 6) is 0.760. The molecule has 2 aromatic carbocycles. The molecule has 0 saturated carbocycles. The lowest BCUT2D eigenvalue weighted by Gasteiger charge is -2.18. The van der Waals surface area contributed by atoms with Crippen LogP contribution in [0, 0.1) is 13.8 Å². The van der Waals surface area contributed by atoms with Crippen LogP contribution in [0.2, 0.25) is 0 Å². The SMILES string of the molecule is CC[C@H](C(=O)Nc1cc(OC)cc(OC)c1)n1nc(-c2cc(C)ccc2C)ccc1=O. The van der Waals surface area contributed by atoms with E-state index < -0.39 is 6.04 Å². The van der Waals surface area contributed by atoms with Gasteiger partial charge in [0, 0.05) is 35.5 Å². The number of carbonyl (C=O) groups excluding carboxylic acids is 1. The molecule has 31 heavy (non-hydrogen) atoms. The van der Waals surface area contributed by atoms with E-state index in [0.29, 0.717) is 29.3 Å². The highest BCUT2D eigenvalue weighted by molar-refractivity contribution is 5.94. The summed E-state index contributed by atoms with van der Waals surface area (Å²) in [5.41, 5.74) is 3.90. The number of methoxy groups -OCH3 is 2. The van der Waals surface area contributed by atoms with Crippen LogP contribution in [-0.2, 0) is 4.79 Å². The van der Waals surface area contributed by atoms with Gasteiger partial charge in [0.1, 0.15) is 17.5 Å². The van der Waals surface area contributed by atoms with Gasteiger partial charge in [-0.05, 0) is 38.0 Å². The van der Waals surface area contributed by atoms with Gasteiger partial charge in [0.15, 0.2) is 0 Å². The number of nitrogens with one attached hydrogen (secondary N) is 1. The van der Waals surface area contributed by atoms with Crippen molar-refractivity contribution in [3.63, 3.8) is 0 Å². The molecule has 7 heteroatoms. The molecule has 1 heterocycles. The number of anilines is 1. The average Bonchev–Trinajstić information content (AvgIpc) is 2.76. The third-order valence-electron chi connectivity index (χ3n) is 5.10. The van der Waals surface area contributed by atoms with E-state index in [-0.39, 0.29) is 11.5 Å². The van der Waals surface area contributed by atoms with Gasteiger partial charge < -0.3 is 14.8 Å². The van der Waals surface area contributed by atoms with E-state index in [1.54, 1.807) is 24.3 Å². The topological polar surface area (TPSA) is 82.4 Å². The number of hydrogen-bond donors (Lipinski definition) is 1. The first-order valence-corrected chi connectivity index (χ1v) is 10.1. The van der Waals surface area contributed by atoms with Crippen molar-refractivity contribution in [1.29, 1.82) is 0 Å². The molecule has 0 bridgehead atoms. The molecule has 1 amide bonds. The first kappa shape index (κ1) is 22.1. The quantitative estimate of drug-likeness (QED) is 0.620. The Morgan fingerprint density at radius 1 is 1.03 bits per heavy atom. The number of aromatic nitrogens is 2. The summed E-state index contributed by atoms with van der Waals surface area (Å²) < 4.78 is 11.8. The van der Waals surface area contributed by atoms with Gasteiger partial charge in [0.05, 0.1) is 19.9 Å². The lowest BCUT2D eigenvalue weighted by molar-refractivity contribution is -0.119. The number of aryl methyl sites for hydroxylation is 2. The van der Waals surface area contributed by atoms with E-state index in [4.69, 9.17) is 9.47 Å². The predicted octanol–water partition coefficient (Wildman–Crippen LogP) is 4.13. The monoisotopic (exact) mass is 421 g/mol. The Morgan fingerprint density at radius 2 is 1.71 bits per heavy atom. The van der Waals surface area contributed by atoms with Crippen LogP contribution in [0.25, 0.3) is 11.3 Å². The fourth-order valence-corrected chi connectivity index (χ4v) is 3.38. The minimum Gasteiger partial charge on any atom is -0.497 e. The van der Waals surface area contributed by atoms with E-state index >= 15 is 0 Å². The lowest BCUT2D eigenvalue weighted by Crippen LogP contribution is -2.34. The van der Waals surface area contributed by atoms with Gasteiger partial charge in [-0.2, -0.15) is 5.10 Å². The maximum atomic E-state index is 13.1. The van der Waals surface area contributed by atoms with Crippen molar-refractivity contribution in [2.45, 2.75) is 33.2 Å². The summed E-state index contributed by atoms with van der Waals surface area (Å²) in [5, 5.41) is 7.39. The molecule has 0 aliphatic heterocycles. The molecule has 1 atom stereocenters. The number of carbonyl (C=O) groups is 1. The van der Waals surface area contributed by atoms with Gasteiger partial charge in [0.25, 0.3) is 5.56 Å². The maximum absolute atomic E-state index is 13.1. The number of ether oxygens (including phenoxy) is 2. The third-order valence-corrected chi connectivity index (χ3v) is 5.10. The zero-order valence-electron chi connectivity index (χ0n) is 18.4. The van der Waals surface area contributed by atoms with E-state index in [9.17, 15) is 9.59 Å². The maximum Gasteiger partial charge on any atom is 0.267 e. The zero-order valence-corrected chi connectivity index (χ0v) is 18.4. The Kier molecular flexibility index (Phi) is 6.74. The van der Waals surface area contributed by atoms with Crippen LogP contribution in [0.5, 0.6) is 11.5 Å². The Labute approximate surface area is 181 Å². The molecule has 1 aromatic heterocycles. The molecule has 3 aromatic rings. The number of nitrogens with zero attached hydrogens (tertiary/aromatic N) is 2. The normalized spacial score (nSPS) is 11.6. The molecule has 0 saturated heterocycles. The molecule has 0 radical (unpaired) electrons. The van der Waals surface area contributed by atoms with Crippen molar-refractivity contribution in [3.8, 4) is 22.8 Å². The molecule has 7 nitrogen and oxygen atoms in total. The van der Waals surface area contributed by atoms with Gasteiger partial charge in [-0.25, -0.2) is 4.68 Å². The molecule has 162 valence electrons. The molecule has 0 aliphatic rings. The summed E-state index contributed by atoms with van der Waals surface area (Å²) in [6.07, 6.45) is 0.399. The van der Waals surface area contributed by atoms with Crippen molar-refractivity contribution < 1.29 is 14.3 Å². The third kappa shape index (κ3) is 4.94. The van der Waals surface area contributed by atoms with Crippen LogP contribution < -0.4 is 20.3 Å². The van der Waals surface area contributed by atoms with Crippen LogP contribution in [0.15, 0.2) is 53.3 Å². The van der Waals surface area contributed by atoms with E-state index in [1.165, 1.54) is 25.0 Å². The second-order valence-corrected chi connectivity index (χ2v) is 7.33. The van der Waals surface area contributed by atoms with Crippen molar-refractivity contribution >= 4 is 11.6 Å². The number of hydrogen-bond acceptors (Lipinski definition) is 5. The van der Waals surface area contributed by atoms with Gasteiger partial charge in [-0.1, -0.05) is 24.6 Å². The lowest BCUT2D eigenvalue weighted by atomic mass is 10.0. The Balaban J connectivity index is 1.96. The molecule has 0 unspecified atom stereocenters. The van der Waals surface area contributed by atoms with E-state index in [2.05, 4.69) is 10.4 Å². The largest absolute Gasteiger partial charge is 0.497 e. The minimum atomic E-state index is -0.769. The van der Waals surface area contributed by atoms with Gasteiger partial charge in [0.2, 0.25) is 5.91 Å². The van der Waals surface area contributed by atoms with Gasteiger partial charge in [-0.15, -0.1) is 0 Å². The van der Waals surface area contributed by atoms with Gasteiger partial charge in [-0.3, -0.25) is 9.59 Å². The second-order valence-electron chi connectivity index (χ2n) is 7.33. The van der Waals surface area contributed by atoms with Crippen LogP contribution >= 0.6 is 0 Å². The summed E-state index contributed by atoms with van der Waals surface area (Å²) in [6, 6.07) is 13.5. The first-order chi connectivity index (χ1) is 14.9. The fraction of sp³-hybridized carbons (Fsp3) is 0.292. The Hall–Kier alpha value is -3.61.